The minimum Gasteiger partial charge on any atom is -0.345 e. The number of fused-ring (bicyclic) bond motifs is 4. The Morgan fingerprint density at radius 1 is 0.347 bits per heavy atom. The molecule has 49 heavy (non-hydrogen) atoms. The average Bonchev–Trinajstić information content (AvgIpc) is 3.50. The molecule has 0 fully saturated rings. The Hall–Kier alpha value is -6.38. The molecule has 9 aromatic rings. The number of benzene rings is 8. The molecule has 1 aromatic heterocycles. The van der Waals surface area contributed by atoms with Crippen molar-refractivity contribution in [2.45, 2.75) is 0 Å². The van der Waals surface area contributed by atoms with Gasteiger partial charge in [0.25, 0.3) is 0 Å². The molecule has 2 heteroatoms. The Bertz CT molecular complexity index is 2580. The summed E-state index contributed by atoms with van der Waals surface area (Å²) >= 11 is 0. The van der Waals surface area contributed by atoms with E-state index in [4.69, 9.17) is 0 Å². The van der Waals surface area contributed by atoms with Crippen LogP contribution >= 0.6 is 0 Å². The number of rotatable bonds is 6. The number of aromatic nitrogens is 1. The van der Waals surface area contributed by atoms with Crippen molar-refractivity contribution >= 4 is 44.0 Å². The van der Waals surface area contributed by atoms with Crippen molar-refractivity contribution in [2.24, 2.45) is 0 Å². The van der Waals surface area contributed by atoms with E-state index in [0.717, 1.165) is 11.4 Å². The van der Waals surface area contributed by atoms with Gasteiger partial charge in [0.05, 0.1) is 11.0 Å². The van der Waals surface area contributed by atoms with E-state index in [1.165, 1.54) is 71.6 Å². The van der Waals surface area contributed by atoms with Gasteiger partial charge in [-0.05, 0) is 98.8 Å². The van der Waals surface area contributed by atoms with Crippen molar-refractivity contribution in [3.63, 3.8) is 0 Å². The van der Waals surface area contributed by atoms with Crippen molar-refractivity contribution < 1.29 is 0 Å². The number of hydrogen-bond donors (Lipinski definition) is 0. The van der Waals surface area contributed by atoms with E-state index in [0.29, 0.717) is 0 Å². The lowest BCUT2D eigenvalue weighted by molar-refractivity contribution is 1.18. The summed E-state index contributed by atoms with van der Waals surface area (Å²) in [6.45, 7) is 0. The van der Waals surface area contributed by atoms with E-state index in [9.17, 15) is 0 Å². The van der Waals surface area contributed by atoms with Gasteiger partial charge in [0.2, 0.25) is 0 Å². The van der Waals surface area contributed by atoms with E-state index in [1.54, 1.807) is 0 Å². The highest BCUT2D eigenvalue weighted by Crippen LogP contribution is 2.38. The van der Waals surface area contributed by atoms with E-state index in [-0.39, 0.29) is 0 Å². The molecule has 0 aliphatic carbocycles. The van der Waals surface area contributed by atoms with Crippen LogP contribution < -0.4 is 4.90 Å². The van der Waals surface area contributed by atoms with Crippen LogP contribution in [0.4, 0.5) is 11.4 Å². The topological polar surface area (TPSA) is 8.17 Å². The average molecular weight is 627 g/mol. The number of anilines is 2. The van der Waals surface area contributed by atoms with Crippen LogP contribution in [0.15, 0.2) is 188 Å². The van der Waals surface area contributed by atoms with Gasteiger partial charge in [0.1, 0.15) is 0 Å². The molecule has 9 rings (SSSR count). The van der Waals surface area contributed by atoms with Crippen LogP contribution in [0, 0.1) is 0 Å². The first-order valence-electron chi connectivity index (χ1n) is 16.8. The summed E-state index contributed by atoms with van der Waals surface area (Å²) in [7, 11) is 2.11. The summed E-state index contributed by atoms with van der Waals surface area (Å²) in [6.07, 6.45) is 0. The molecule has 2 nitrogen and oxygen atoms in total. The van der Waals surface area contributed by atoms with Crippen LogP contribution in [0.2, 0.25) is 0 Å². The molecular weight excluding hydrogens is 593 g/mol. The lowest BCUT2D eigenvalue weighted by Gasteiger charge is -2.19. The van der Waals surface area contributed by atoms with Gasteiger partial charge in [-0.2, -0.15) is 0 Å². The molecule has 232 valence electrons. The molecule has 0 aliphatic heterocycles. The van der Waals surface area contributed by atoms with Crippen LogP contribution in [0.5, 0.6) is 0 Å². The molecule has 0 atom stereocenters. The monoisotopic (exact) mass is 626 g/mol. The van der Waals surface area contributed by atoms with Gasteiger partial charge in [-0.3, -0.25) is 0 Å². The maximum atomic E-state index is 2.44. The van der Waals surface area contributed by atoms with E-state index >= 15 is 0 Å². The molecular formula is C47H34N2. The van der Waals surface area contributed by atoms with Crippen LogP contribution in [0.1, 0.15) is 0 Å². The highest BCUT2D eigenvalue weighted by Gasteiger charge is 2.15. The summed E-state index contributed by atoms with van der Waals surface area (Å²) < 4.78 is 2.44. The third-order valence-corrected chi connectivity index (χ3v) is 9.79. The van der Waals surface area contributed by atoms with Crippen LogP contribution in [0.3, 0.4) is 0 Å². The first-order valence-corrected chi connectivity index (χ1v) is 16.8. The van der Waals surface area contributed by atoms with Crippen molar-refractivity contribution in [3.8, 4) is 39.1 Å². The molecule has 0 saturated heterocycles. The molecule has 0 amide bonds. The second kappa shape index (κ2) is 12.0. The maximum Gasteiger partial charge on any atom is 0.0547 e. The van der Waals surface area contributed by atoms with E-state index < -0.39 is 0 Å². The van der Waals surface area contributed by atoms with Gasteiger partial charge in [-0.25, -0.2) is 0 Å². The first-order chi connectivity index (χ1) is 24.2. The van der Waals surface area contributed by atoms with E-state index in [1.807, 2.05) is 0 Å². The van der Waals surface area contributed by atoms with Gasteiger partial charge in [-0.15, -0.1) is 0 Å². The predicted octanol–water partition coefficient (Wildman–Crippen LogP) is 12.7. The zero-order chi connectivity index (χ0) is 32.7. The normalized spacial score (nSPS) is 11.4. The Kier molecular flexibility index (Phi) is 7.06. The zero-order valence-corrected chi connectivity index (χ0v) is 27.3. The van der Waals surface area contributed by atoms with Gasteiger partial charge in [0, 0.05) is 34.9 Å². The molecule has 0 N–H and O–H groups in total. The Morgan fingerprint density at radius 2 is 0.837 bits per heavy atom. The fraction of sp³-hybridized carbons (Fsp3) is 0.0213. The van der Waals surface area contributed by atoms with Gasteiger partial charge in [0.15, 0.2) is 0 Å². The summed E-state index contributed by atoms with van der Waals surface area (Å²) in [4.78, 5) is 2.21. The Morgan fingerprint density at radius 3 is 1.55 bits per heavy atom. The quantitative estimate of drug-likeness (QED) is 0.178. The molecule has 0 bridgehead atoms. The van der Waals surface area contributed by atoms with Gasteiger partial charge in [-0.1, -0.05) is 133 Å². The zero-order valence-electron chi connectivity index (χ0n) is 27.3. The first kappa shape index (κ1) is 28.8. The number of hydrogen-bond acceptors (Lipinski definition) is 1. The van der Waals surface area contributed by atoms with Crippen LogP contribution in [-0.4, -0.2) is 11.6 Å². The molecule has 0 spiro atoms. The fourth-order valence-electron chi connectivity index (χ4n) is 7.15. The predicted molar refractivity (Wildman–Crippen MR) is 209 cm³/mol. The molecule has 0 unspecified atom stereocenters. The minimum atomic E-state index is 1.16. The number of nitrogens with zero attached hydrogens (tertiary/aromatic N) is 2. The van der Waals surface area contributed by atoms with E-state index in [2.05, 4.69) is 205 Å². The summed E-state index contributed by atoms with van der Waals surface area (Å²) in [5, 5.41) is 5.02. The minimum absolute atomic E-state index is 1.16. The summed E-state index contributed by atoms with van der Waals surface area (Å²) in [5.41, 5.74) is 13.2. The van der Waals surface area contributed by atoms with Crippen LogP contribution in [0.25, 0.3) is 71.6 Å². The van der Waals surface area contributed by atoms with Gasteiger partial charge < -0.3 is 9.47 Å². The SMILES string of the molecule is CN(c1ccccc1)c1ccc(-c2ccc(-c3ccc4c5cc6ccccc6cc5n(-c5cccc(-c6ccccc6)c5)c4c3)cc2)cc1. The highest BCUT2D eigenvalue weighted by atomic mass is 15.1. The molecule has 0 radical (unpaired) electrons. The second-order valence-electron chi connectivity index (χ2n) is 12.7. The molecule has 0 saturated carbocycles. The molecule has 0 aliphatic rings. The van der Waals surface area contributed by atoms with Gasteiger partial charge >= 0.3 is 0 Å². The third-order valence-electron chi connectivity index (χ3n) is 9.79. The summed E-state index contributed by atoms with van der Waals surface area (Å²) in [5.74, 6) is 0. The van der Waals surface area contributed by atoms with Crippen LogP contribution in [-0.2, 0) is 0 Å². The Labute approximate surface area is 286 Å². The largest absolute Gasteiger partial charge is 0.345 e. The number of para-hydroxylation sites is 1. The lowest BCUT2D eigenvalue weighted by Crippen LogP contribution is -2.08. The van der Waals surface area contributed by atoms with Crippen molar-refractivity contribution in [1.82, 2.24) is 4.57 Å². The maximum absolute atomic E-state index is 2.44. The highest BCUT2D eigenvalue weighted by molar-refractivity contribution is 6.14. The smallest absolute Gasteiger partial charge is 0.0547 e. The molecule has 8 aromatic carbocycles. The fourth-order valence-corrected chi connectivity index (χ4v) is 7.15. The molecule has 1 heterocycles. The van der Waals surface area contributed by atoms with Crippen molar-refractivity contribution in [3.05, 3.63) is 188 Å². The lowest BCUT2D eigenvalue weighted by atomic mass is 9.99. The third kappa shape index (κ3) is 5.24. The van der Waals surface area contributed by atoms with Crippen molar-refractivity contribution in [1.29, 1.82) is 0 Å². The second-order valence-corrected chi connectivity index (χ2v) is 12.7. The Balaban J connectivity index is 1.12. The summed E-state index contributed by atoms with van der Waals surface area (Å²) in [6, 6.07) is 68.1. The van der Waals surface area contributed by atoms with Crippen molar-refractivity contribution in [2.75, 3.05) is 11.9 Å². The standard InChI is InChI=1S/C47H34N2/c1-48(41-16-6-3-7-17-41)42-26-23-35(24-27-42)34-19-21-36(22-20-34)40-25-28-44-45-30-38-13-8-9-14-39(38)31-47(45)49(46(44)32-40)43-18-10-15-37(29-43)33-11-4-2-5-12-33/h2-32H,1H3.